The summed E-state index contributed by atoms with van der Waals surface area (Å²) in [5.41, 5.74) is 0.593. The van der Waals surface area contributed by atoms with Gasteiger partial charge in [0.15, 0.2) is 0 Å². The van der Waals surface area contributed by atoms with Gasteiger partial charge in [-0.25, -0.2) is 0 Å². The van der Waals surface area contributed by atoms with Gasteiger partial charge in [0.1, 0.15) is 0 Å². The van der Waals surface area contributed by atoms with Crippen LogP contribution >= 0.6 is 22.9 Å². The van der Waals surface area contributed by atoms with Crippen molar-refractivity contribution in [1.82, 2.24) is 15.5 Å². The molecular formula is C19H18ClN5O4S2. The van der Waals surface area contributed by atoms with Gasteiger partial charge in [-0.1, -0.05) is 35.1 Å². The van der Waals surface area contributed by atoms with E-state index in [4.69, 9.17) is 11.6 Å². The van der Waals surface area contributed by atoms with E-state index in [1.54, 1.807) is 38.1 Å². The number of anilines is 2. The fraction of sp³-hybridized carbons (Fsp3) is 0.158. The van der Waals surface area contributed by atoms with Gasteiger partial charge in [-0.2, -0.15) is 8.42 Å². The number of para-hydroxylation sites is 1. The van der Waals surface area contributed by atoms with Gasteiger partial charge < -0.3 is 5.32 Å². The lowest BCUT2D eigenvalue weighted by Crippen LogP contribution is -2.31. The van der Waals surface area contributed by atoms with E-state index in [1.165, 1.54) is 24.3 Å². The molecule has 9 nitrogen and oxygen atoms in total. The number of benzene rings is 2. The third-order valence-corrected chi connectivity index (χ3v) is 6.62. The Balaban J connectivity index is 1.77. The Bertz CT molecular complexity index is 1210. The van der Waals surface area contributed by atoms with Crippen LogP contribution in [0.1, 0.15) is 34.6 Å². The van der Waals surface area contributed by atoms with E-state index >= 15 is 0 Å². The summed E-state index contributed by atoms with van der Waals surface area (Å²) in [7, 11) is -4.14. The summed E-state index contributed by atoms with van der Waals surface area (Å²) < 4.78 is 27.5. The topological polar surface area (TPSA) is 130 Å². The quantitative estimate of drug-likeness (QED) is 0.445. The largest absolute Gasteiger partial charge is 0.350 e. The first-order chi connectivity index (χ1) is 14.7. The van der Waals surface area contributed by atoms with E-state index in [2.05, 4.69) is 25.6 Å². The van der Waals surface area contributed by atoms with Gasteiger partial charge in [-0.15, -0.1) is 10.2 Å². The third-order valence-electron chi connectivity index (χ3n) is 3.80. The zero-order chi connectivity index (χ0) is 22.6. The van der Waals surface area contributed by atoms with Crippen LogP contribution < -0.4 is 15.4 Å². The van der Waals surface area contributed by atoms with Crippen molar-refractivity contribution in [3.05, 3.63) is 64.7 Å². The second-order valence-corrected chi connectivity index (χ2v) is 9.88. The number of carbonyl (C=O) groups is 2. The first-order valence-electron chi connectivity index (χ1n) is 8.99. The summed E-state index contributed by atoms with van der Waals surface area (Å²) in [5.74, 6) is -0.901. The van der Waals surface area contributed by atoms with Gasteiger partial charge in [0.2, 0.25) is 5.13 Å². The van der Waals surface area contributed by atoms with Crippen molar-refractivity contribution in [2.45, 2.75) is 24.2 Å². The summed E-state index contributed by atoms with van der Waals surface area (Å²) in [4.78, 5) is 24.6. The summed E-state index contributed by atoms with van der Waals surface area (Å²) in [6.45, 7) is 3.59. The van der Waals surface area contributed by atoms with E-state index in [0.717, 1.165) is 0 Å². The van der Waals surface area contributed by atoms with Crippen molar-refractivity contribution in [1.29, 1.82) is 0 Å². The maximum Gasteiger partial charge on any atom is 0.291 e. The molecule has 0 atom stereocenters. The van der Waals surface area contributed by atoms with Crippen molar-refractivity contribution in [2.75, 3.05) is 10.0 Å². The SMILES string of the molecule is CC(C)NC(=O)c1ccccc1NS(=O)(=O)c1nnc(NC(=O)c2ccc(Cl)cc2)s1. The molecule has 0 aliphatic heterocycles. The lowest BCUT2D eigenvalue weighted by atomic mass is 10.1. The van der Waals surface area contributed by atoms with E-state index in [-0.39, 0.29) is 26.8 Å². The molecule has 0 saturated heterocycles. The summed E-state index contributed by atoms with van der Waals surface area (Å²) in [6.07, 6.45) is 0. The molecule has 0 aliphatic carbocycles. The Morgan fingerprint density at radius 3 is 2.35 bits per heavy atom. The molecule has 2 amide bonds. The molecule has 1 heterocycles. The molecule has 1 aromatic heterocycles. The number of rotatable bonds is 7. The van der Waals surface area contributed by atoms with Crippen LogP contribution in [0.25, 0.3) is 0 Å². The normalized spacial score (nSPS) is 11.2. The molecule has 0 saturated carbocycles. The molecule has 0 unspecified atom stereocenters. The molecule has 3 aromatic rings. The summed E-state index contributed by atoms with van der Waals surface area (Å²) in [5, 5.41) is 13.1. The molecule has 0 bridgehead atoms. The number of aromatic nitrogens is 2. The zero-order valence-electron chi connectivity index (χ0n) is 16.4. The predicted molar refractivity (Wildman–Crippen MR) is 119 cm³/mol. The van der Waals surface area contributed by atoms with Crippen LogP contribution in [0.4, 0.5) is 10.8 Å². The maximum atomic E-state index is 12.7. The number of nitrogens with one attached hydrogen (secondary N) is 3. The maximum absolute atomic E-state index is 12.7. The van der Waals surface area contributed by atoms with Gasteiger partial charge >= 0.3 is 0 Å². The lowest BCUT2D eigenvalue weighted by molar-refractivity contribution is 0.0943. The number of amides is 2. The van der Waals surface area contributed by atoms with E-state index in [0.29, 0.717) is 21.9 Å². The molecule has 0 fully saturated rings. The van der Waals surface area contributed by atoms with Crippen LogP contribution in [0.5, 0.6) is 0 Å². The minimum atomic E-state index is -4.14. The summed E-state index contributed by atoms with van der Waals surface area (Å²) in [6, 6.07) is 12.3. The molecule has 0 radical (unpaired) electrons. The average molecular weight is 480 g/mol. The molecule has 162 valence electrons. The summed E-state index contributed by atoms with van der Waals surface area (Å²) >= 11 is 6.48. The Morgan fingerprint density at radius 1 is 1.00 bits per heavy atom. The van der Waals surface area contributed by atoms with Crippen molar-refractivity contribution in [2.24, 2.45) is 0 Å². The van der Waals surface area contributed by atoms with Crippen LogP contribution in [0.2, 0.25) is 5.02 Å². The average Bonchev–Trinajstić information content (AvgIpc) is 3.17. The molecule has 2 aromatic carbocycles. The molecule has 12 heteroatoms. The van der Waals surface area contributed by atoms with Crippen molar-refractivity contribution < 1.29 is 18.0 Å². The number of halogens is 1. The van der Waals surface area contributed by atoms with Crippen LogP contribution in [-0.4, -0.2) is 36.5 Å². The van der Waals surface area contributed by atoms with E-state index < -0.39 is 21.8 Å². The van der Waals surface area contributed by atoms with E-state index in [9.17, 15) is 18.0 Å². The highest BCUT2D eigenvalue weighted by molar-refractivity contribution is 7.94. The van der Waals surface area contributed by atoms with Crippen molar-refractivity contribution in [3.63, 3.8) is 0 Å². The Hall–Kier alpha value is -3.02. The molecular weight excluding hydrogens is 462 g/mol. The number of carbonyl (C=O) groups excluding carboxylic acids is 2. The lowest BCUT2D eigenvalue weighted by Gasteiger charge is -2.13. The van der Waals surface area contributed by atoms with Gasteiger partial charge in [0, 0.05) is 16.6 Å². The highest BCUT2D eigenvalue weighted by Gasteiger charge is 2.23. The van der Waals surface area contributed by atoms with Crippen LogP contribution in [0.3, 0.4) is 0 Å². The minimum Gasteiger partial charge on any atom is -0.350 e. The second-order valence-electron chi connectivity index (χ2n) is 6.61. The molecule has 3 N–H and O–H groups in total. The fourth-order valence-corrected chi connectivity index (χ4v) is 4.54. The van der Waals surface area contributed by atoms with E-state index in [1.807, 2.05) is 0 Å². The zero-order valence-corrected chi connectivity index (χ0v) is 18.8. The van der Waals surface area contributed by atoms with Gasteiger partial charge in [0.05, 0.1) is 11.3 Å². The van der Waals surface area contributed by atoms with Gasteiger partial charge in [-0.3, -0.25) is 19.6 Å². The van der Waals surface area contributed by atoms with Crippen molar-refractivity contribution in [3.8, 4) is 0 Å². The third kappa shape index (κ3) is 5.78. The molecule has 3 rings (SSSR count). The Morgan fingerprint density at radius 2 is 1.68 bits per heavy atom. The minimum absolute atomic E-state index is 0.00570. The molecule has 31 heavy (non-hydrogen) atoms. The fourth-order valence-electron chi connectivity index (χ4n) is 2.44. The highest BCUT2D eigenvalue weighted by Crippen LogP contribution is 2.25. The standard InChI is InChI=1S/C19H18ClN5O4S2/c1-11(2)21-17(27)14-5-3-4-6-15(14)25-31(28,29)19-24-23-18(30-19)22-16(26)12-7-9-13(20)10-8-12/h3-11,25H,1-2H3,(H,21,27)(H,22,23,26). The molecule has 0 aliphatic rings. The van der Waals surface area contributed by atoms with Crippen LogP contribution in [0, 0.1) is 0 Å². The van der Waals surface area contributed by atoms with Crippen molar-refractivity contribution >= 4 is 55.6 Å². The van der Waals surface area contributed by atoms with Gasteiger partial charge in [-0.05, 0) is 50.2 Å². The Labute approximate surface area is 187 Å². The predicted octanol–water partition coefficient (Wildman–Crippen LogP) is 3.38. The number of hydrogen-bond donors (Lipinski definition) is 3. The first-order valence-corrected chi connectivity index (χ1v) is 11.7. The van der Waals surface area contributed by atoms with Crippen LogP contribution in [0.15, 0.2) is 52.9 Å². The number of sulfonamides is 1. The molecule has 0 spiro atoms. The van der Waals surface area contributed by atoms with Gasteiger partial charge in [0.25, 0.3) is 26.2 Å². The second kappa shape index (κ2) is 9.41. The Kier molecular flexibility index (Phi) is 6.88. The smallest absolute Gasteiger partial charge is 0.291 e. The highest BCUT2D eigenvalue weighted by atomic mass is 35.5. The number of nitrogens with zero attached hydrogens (tertiary/aromatic N) is 2. The monoisotopic (exact) mass is 479 g/mol. The first kappa shape index (κ1) is 22.7. The van der Waals surface area contributed by atoms with Crippen LogP contribution in [-0.2, 0) is 10.0 Å². The number of hydrogen-bond acceptors (Lipinski definition) is 7.